The molecule has 4 N–H and O–H groups in total. The molecule has 0 atom stereocenters. The molecule has 2 amide bonds. The lowest BCUT2D eigenvalue weighted by molar-refractivity contribution is 0.148. The van der Waals surface area contributed by atoms with Gasteiger partial charge in [-0.25, -0.2) is 13.6 Å². The Bertz CT molecular complexity index is 461. The van der Waals surface area contributed by atoms with E-state index in [4.69, 9.17) is 5.11 Å². The third-order valence-corrected chi connectivity index (χ3v) is 3.01. The molecular formula is C14H21F2N3O2. The molecule has 1 aromatic carbocycles. The number of rotatable bonds is 7. The fraction of sp³-hybridized carbons (Fsp3) is 0.500. The lowest BCUT2D eigenvalue weighted by Crippen LogP contribution is -2.40. The molecule has 5 nitrogen and oxygen atoms in total. The number of hydrogen-bond acceptors (Lipinski definition) is 3. The maximum Gasteiger partial charge on any atom is 0.333 e. The molecule has 0 aromatic heterocycles. The molecule has 21 heavy (non-hydrogen) atoms. The average molecular weight is 301 g/mol. The molecule has 1 aromatic rings. The van der Waals surface area contributed by atoms with Crippen LogP contribution in [0.5, 0.6) is 0 Å². The summed E-state index contributed by atoms with van der Waals surface area (Å²) in [5, 5.41) is 11.6. The Labute approximate surface area is 122 Å². The standard InChI is InChI=1S/C14H21F2N3O2/c1-14(2,9-20)7-4-8-17-13(21)19-18-12-10(15)5-3-6-11(12)16/h3,5-6,18,20H,4,7-9H2,1-2H3,(H2,17,19,21). The number of aliphatic hydroxyl groups is 1. The summed E-state index contributed by atoms with van der Waals surface area (Å²) in [5.41, 5.74) is 3.76. The van der Waals surface area contributed by atoms with Crippen LogP contribution >= 0.6 is 0 Å². The van der Waals surface area contributed by atoms with E-state index in [-0.39, 0.29) is 12.0 Å². The van der Waals surface area contributed by atoms with Crippen LogP contribution < -0.4 is 16.2 Å². The second kappa shape index (κ2) is 7.78. The molecule has 0 spiro atoms. The molecule has 0 aliphatic rings. The van der Waals surface area contributed by atoms with Crippen LogP contribution in [0.1, 0.15) is 26.7 Å². The summed E-state index contributed by atoms with van der Waals surface area (Å²) < 4.78 is 26.6. The maximum atomic E-state index is 13.3. The number of hydrogen-bond donors (Lipinski definition) is 4. The van der Waals surface area contributed by atoms with Crippen molar-refractivity contribution in [2.75, 3.05) is 18.6 Å². The van der Waals surface area contributed by atoms with Crippen LogP contribution in [0.4, 0.5) is 19.3 Å². The van der Waals surface area contributed by atoms with Gasteiger partial charge in [0.1, 0.15) is 5.69 Å². The van der Waals surface area contributed by atoms with Crippen LogP contribution in [-0.2, 0) is 0 Å². The highest BCUT2D eigenvalue weighted by Gasteiger charge is 2.15. The molecule has 1 rings (SSSR count). The highest BCUT2D eigenvalue weighted by atomic mass is 19.1. The Kier molecular flexibility index (Phi) is 6.36. The lowest BCUT2D eigenvalue weighted by Gasteiger charge is -2.21. The van der Waals surface area contributed by atoms with Crippen molar-refractivity contribution >= 4 is 11.7 Å². The van der Waals surface area contributed by atoms with Gasteiger partial charge in [0.05, 0.1) is 0 Å². The highest BCUT2D eigenvalue weighted by molar-refractivity contribution is 5.75. The smallest absolute Gasteiger partial charge is 0.333 e. The summed E-state index contributed by atoms with van der Waals surface area (Å²) in [6.07, 6.45) is 1.44. The van der Waals surface area contributed by atoms with Gasteiger partial charge in [0.2, 0.25) is 0 Å². The minimum atomic E-state index is -0.792. The van der Waals surface area contributed by atoms with Crippen molar-refractivity contribution in [3.05, 3.63) is 29.8 Å². The number of anilines is 1. The van der Waals surface area contributed by atoms with Crippen LogP contribution in [0.2, 0.25) is 0 Å². The predicted molar refractivity (Wildman–Crippen MR) is 76.6 cm³/mol. The number of para-hydroxylation sites is 1. The van der Waals surface area contributed by atoms with Crippen molar-refractivity contribution in [1.82, 2.24) is 10.7 Å². The van der Waals surface area contributed by atoms with E-state index >= 15 is 0 Å². The van der Waals surface area contributed by atoms with Gasteiger partial charge in [0.25, 0.3) is 0 Å². The first-order chi connectivity index (χ1) is 9.85. The van der Waals surface area contributed by atoms with Gasteiger partial charge in [-0.05, 0) is 30.4 Å². The molecule has 7 heteroatoms. The minimum absolute atomic E-state index is 0.0767. The van der Waals surface area contributed by atoms with Crippen LogP contribution in [0.3, 0.4) is 0 Å². The third kappa shape index (κ3) is 5.95. The second-order valence-electron chi connectivity index (χ2n) is 5.53. The van der Waals surface area contributed by atoms with Crippen molar-refractivity contribution in [2.45, 2.75) is 26.7 Å². The SMILES string of the molecule is CC(C)(CO)CCCNC(=O)NNc1c(F)cccc1F. The van der Waals surface area contributed by atoms with Gasteiger partial charge in [-0.1, -0.05) is 19.9 Å². The summed E-state index contributed by atoms with van der Waals surface area (Å²) in [5.74, 6) is -1.58. The van der Waals surface area contributed by atoms with Crippen LogP contribution in [-0.4, -0.2) is 24.3 Å². The number of aliphatic hydroxyl groups excluding tert-OH is 1. The van der Waals surface area contributed by atoms with E-state index in [1.165, 1.54) is 6.07 Å². The van der Waals surface area contributed by atoms with E-state index in [0.29, 0.717) is 13.0 Å². The van der Waals surface area contributed by atoms with E-state index in [2.05, 4.69) is 16.2 Å². The fourth-order valence-electron chi connectivity index (χ4n) is 1.63. The Morgan fingerprint density at radius 2 is 1.90 bits per heavy atom. The number of benzene rings is 1. The Morgan fingerprint density at radius 3 is 2.48 bits per heavy atom. The molecule has 0 unspecified atom stereocenters. The Morgan fingerprint density at radius 1 is 1.29 bits per heavy atom. The summed E-state index contributed by atoms with van der Waals surface area (Å²) >= 11 is 0. The van der Waals surface area contributed by atoms with E-state index in [1.807, 2.05) is 13.8 Å². The van der Waals surface area contributed by atoms with Gasteiger partial charge in [-0.2, -0.15) is 0 Å². The van der Waals surface area contributed by atoms with Gasteiger partial charge in [0, 0.05) is 13.2 Å². The molecule has 0 heterocycles. The molecule has 0 saturated heterocycles. The van der Waals surface area contributed by atoms with Crippen molar-refractivity contribution in [2.24, 2.45) is 5.41 Å². The average Bonchev–Trinajstić information content (AvgIpc) is 2.43. The fourth-order valence-corrected chi connectivity index (χ4v) is 1.63. The van der Waals surface area contributed by atoms with E-state index in [0.717, 1.165) is 18.6 Å². The zero-order valence-electron chi connectivity index (χ0n) is 12.2. The van der Waals surface area contributed by atoms with Gasteiger partial charge in [0.15, 0.2) is 11.6 Å². The summed E-state index contributed by atoms with van der Waals surface area (Å²) in [7, 11) is 0. The first kappa shape index (κ1) is 17.2. The first-order valence-electron chi connectivity index (χ1n) is 6.70. The highest BCUT2D eigenvalue weighted by Crippen LogP contribution is 2.20. The van der Waals surface area contributed by atoms with E-state index in [1.54, 1.807) is 0 Å². The number of urea groups is 1. The second-order valence-corrected chi connectivity index (χ2v) is 5.53. The zero-order valence-corrected chi connectivity index (χ0v) is 12.2. The third-order valence-electron chi connectivity index (χ3n) is 3.01. The van der Waals surface area contributed by atoms with Gasteiger partial charge < -0.3 is 10.4 Å². The molecule has 0 fully saturated rings. The maximum absolute atomic E-state index is 13.3. The summed E-state index contributed by atoms with van der Waals surface area (Å²) in [6, 6.07) is 2.82. The number of halogens is 2. The lowest BCUT2D eigenvalue weighted by atomic mass is 9.89. The molecule has 0 radical (unpaired) electrons. The predicted octanol–water partition coefficient (Wildman–Crippen LogP) is 2.39. The largest absolute Gasteiger partial charge is 0.396 e. The first-order valence-corrected chi connectivity index (χ1v) is 6.70. The summed E-state index contributed by atoms with van der Waals surface area (Å²) in [6.45, 7) is 4.33. The van der Waals surface area contributed by atoms with Crippen molar-refractivity contribution in [1.29, 1.82) is 0 Å². The van der Waals surface area contributed by atoms with Crippen LogP contribution in [0.15, 0.2) is 18.2 Å². The van der Waals surface area contributed by atoms with Crippen LogP contribution in [0, 0.1) is 17.0 Å². The quantitative estimate of drug-likeness (QED) is 0.461. The van der Waals surface area contributed by atoms with Gasteiger partial charge in [-0.3, -0.25) is 10.9 Å². The normalized spacial score (nSPS) is 11.1. The molecule has 0 bridgehead atoms. The minimum Gasteiger partial charge on any atom is -0.396 e. The molecule has 0 saturated carbocycles. The van der Waals surface area contributed by atoms with Gasteiger partial charge in [-0.15, -0.1) is 0 Å². The number of hydrazine groups is 1. The van der Waals surface area contributed by atoms with Crippen LogP contribution in [0.25, 0.3) is 0 Å². The molecule has 0 aliphatic heterocycles. The number of amides is 2. The molecular weight excluding hydrogens is 280 g/mol. The Hall–Kier alpha value is -1.89. The zero-order chi connectivity index (χ0) is 15.9. The van der Waals surface area contributed by atoms with Crippen molar-refractivity contribution in [3.63, 3.8) is 0 Å². The van der Waals surface area contributed by atoms with Gasteiger partial charge >= 0.3 is 6.03 Å². The topological polar surface area (TPSA) is 73.4 Å². The number of nitrogens with one attached hydrogen (secondary N) is 3. The molecule has 118 valence electrons. The van der Waals surface area contributed by atoms with Crippen molar-refractivity contribution in [3.8, 4) is 0 Å². The summed E-state index contributed by atoms with van der Waals surface area (Å²) in [4.78, 5) is 11.5. The van der Waals surface area contributed by atoms with E-state index < -0.39 is 23.4 Å². The number of carbonyl (C=O) groups is 1. The Balaban J connectivity index is 2.29. The number of carbonyl (C=O) groups excluding carboxylic acids is 1. The monoisotopic (exact) mass is 301 g/mol. The van der Waals surface area contributed by atoms with E-state index in [9.17, 15) is 13.6 Å². The molecule has 0 aliphatic carbocycles. The van der Waals surface area contributed by atoms with Crippen molar-refractivity contribution < 1.29 is 18.7 Å².